The lowest BCUT2D eigenvalue weighted by atomic mass is 10.0. The Kier molecular flexibility index (Phi) is 4.79. The van der Waals surface area contributed by atoms with Gasteiger partial charge < -0.3 is 4.74 Å². The van der Waals surface area contributed by atoms with Crippen LogP contribution in [0.3, 0.4) is 0 Å². The molecule has 0 bridgehead atoms. The minimum Gasteiger partial charge on any atom is -0.490 e. The van der Waals surface area contributed by atoms with Crippen LogP contribution in [0.25, 0.3) is 11.1 Å². The van der Waals surface area contributed by atoms with Crippen molar-refractivity contribution in [2.75, 3.05) is 0 Å². The van der Waals surface area contributed by atoms with Crippen LogP contribution in [0.4, 0.5) is 0 Å². The normalized spacial score (nSPS) is 10.3. The molecule has 2 nitrogen and oxygen atoms in total. The summed E-state index contributed by atoms with van der Waals surface area (Å²) < 4.78 is 5.90. The van der Waals surface area contributed by atoms with E-state index in [0.29, 0.717) is 5.56 Å². The van der Waals surface area contributed by atoms with Crippen molar-refractivity contribution in [2.45, 2.75) is 32.8 Å². The lowest BCUT2D eigenvalue weighted by Gasteiger charge is -2.15. The van der Waals surface area contributed by atoms with Gasteiger partial charge in [0.25, 0.3) is 0 Å². The number of ether oxygens (including phenoxy) is 1. The van der Waals surface area contributed by atoms with Gasteiger partial charge in [-0.05, 0) is 48.2 Å². The molecule has 20 heavy (non-hydrogen) atoms. The summed E-state index contributed by atoms with van der Waals surface area (Å²) in [5.74, 6) is 0.913. The van der Waals surface area contributed by atoms with Crippen molar-refractivity contribution in [3.8, 4) is 22.9 Å². The molecule has 0 radical (unpaired) electrons. The lowest BCUT2D eigenvalue weighted by Crippen LogP contribution is -2.13. The molecule has 102 valence electrons. The first kappa shape index (κ1) is 14.1. The molecular formula is C18H19NO. The number of benzene rings is 2. The van der Waals surface area contributed by atoms with E-state index < -0.39 is 0 Å². The minimum absolute atomic E-state index is 0.288. The first-order valence-corrected chi connectivity index (χ1v) is 7.04. The SMILES string of the molecule is CCC(CC)Oc1ccc(-c2ccc(C#N)cc2)cc1. The number of nitrogens with zero attached hydrogens (tertiary/aromatic N) is 1. The van der Waals surface area contributed by atoms with Crippen molar-refractivity contribution in [2.24, 2.45) is 0 Å². The van der Waals surface area contributed by atoms with Gasteiger partial charge in [-0.15, -0.1) is 0 Å². The molecule has 2 rings (SSSR count). The molecule has 0 saturated carbocycles. The molecule has 0 aliphatic heterocycles. The molecule has 0 N–H and O–H groups in total. The summed E-state index contributed by atoms with van der Waals surface area (Å²) in [5.41, 5.74) is 2.92. The zero-order valence-corrected chi connectivity index (χ0v) is 12.0. The van der Waals surface area contributed by atoms with Crippen molar-refractivity contribution >= 4 is 0 Å². The van der Waals surface area contributed by atoms with Crippen LogP contribution in [0, 0.1) is 11.3 Å². The van der Waals surface area contributed by atoms with Gasteiger partial charge in [-0.25, -0.2) is 0 Å². The van der Waals surface area contributed by atoms with E-state index in [9.17, 15) is 0 Å². The molecule has 0 amide bonds. The standard InChI is InChI=1S/C18H19NO/c1-3-17(4-2)20-18-11-9-16(10-12-18)15-7-5-14(13-19)6-8-15/h5-12,17H,3-4H2,1-2H3. The Hall–Kier alpha value is -2.27. The largest absolute Gasteiger partial charge is 0.490 e. The monoisotopic (exact) mass is 265 g/mol. The second kappa shape index (κ2) is 6.77. The molecule has 0 aliphatic carbocycles. The molecule has 0 spiro atoms. The number of hydrogen-bond donors (Lipinski definition) is 0. The van der Waals surface area contributed by atoms with Gasteiger partial charge in [0.15, 0.2) is 0 Å². The molecule has 0 unspecified atom stereocenters. The summed E-state index contributed by atoms with van der Waals surface area (Å²) in [6.45, 7) is 4.28. The van der Waals surface area contributed by atoms with Crippen LogP contribution < -0.4 is 4.74 Å². The third-order valence-corrected chi connectivity index (χ3v) is 3.42. The van der Waals surface area contributed by atoms with Crippen molar-refractivity contribution in [3.63, 3.8) is 0 Å². The maximum absolute atomic E-state index is 8.80. The summed E-state index contributed by atoms with van der Waals surface area (Å²) in [6, 6.07) is 17.9. The highest BCUT2D eigenvalue weighted by atomic mass is 16.5. The van der Waals surface area contributed by atoms with E-state index in [1.165, 1.54) is 0 Å². The first-order chi connectivity index (χ1) is 9.76. The van der Waals surface area contributed by atoms with E-state index in [1.807, 2.05) is 36.4 Å². The van der Waals surface area contributed by atoms with E-state index in [1.54, 1.807) is 0 Å². The van der Waals surface area contributed by atoms with Crippen molar-refractivity contribution < 1.29 is 4.74 Å². The minimum atomic E-state index is 0.288. The van der Waals surface area contributed by atoms with E-state index in [-0.39, 0.29) is 6.10 Å². The maximum Gasteiger partial charge on any atom is 0.119 e. The Labute approximate surface area is 120 Å². The van der Waals surface area contributed by atoms with Gasteiger partial charge in [0.2, 0.25) is 0 Å². The average Bonchev–Trinajstić information content (AvgIpc) is 2.53. The molecule has 0 atom stereocenters. The van der Waals surface area contributed by atoms with Crippen LogP contribution in [-0.2, 0) is 0 Å². The summed E-state index contributed by atoms with van der Waals surface area (Å²) >= 11 is 0. The topological polar surface area (TPSA) is 33.0 Å². The fraction of sp³-hybridized carbons (Fsp3) is 0.278. The highest BCUT2D eigenvalue weighted by molar-refractivity contribution is 5.64. The molecule has 0 fully saturated rings. The van der Waals surface area contributed by atoms with Gasteiger partial charge in [0.05, 0.1) is 17.7 Å². The molecule has 2 heteroatoms. The molecule has 0 aliphatic rings. The van der Waals surface area contributed by atoms with Gasteiger partial charge in [-0.2, -0.15) is 5.26 Å². The van der Waals surface area contributed by atoms with Crippen LogP contribution in [0.15, 0.2) is 48.5 Å². The lowest BCUT2D eigenvalue weighted by molar-refractivity contribution is 0.193. The molecule has 0 aromatic heterocycles. The third-order valence-electron chi connectivity index (χ3n) is 3.42. The number of hydrogen-bond acceptors (Lipinski definition) is 2. The smallest absolute Gasteiger partial charge is 0.119 e. The zero-order chi connectivity index (χ0) is 14.4. The van der Waals surface area contributed by atoms with Gasteiger partial charge in [-0.1, -0.05) is 38.1 Å². The Balaban J connectivity index is 2.13. The van der Waals surface area contributed by atoms with Crippen LogP contribution >= 0.6 is 0 Å². The van der Waals surface area contributed by atoms with Crippen LogP contribution in [0.2, 0.25) is 0 Å². The summed E-state index contributed by atoms with van der Waals surface area (Å²) in [6.07, 6.45) is 2.33. The molecule has 2 aromatic carbocycles. The summed E-state index contributed by atoms with van der Waals surface area (Å²) in [4.78, 5) is 0. The third kappa shape index (κ3) is 3.39. The van der Waals surface area contributed by atoms with Crippen molar-refractivity contribution in [1.29, 1.82) is 5.26 Å². The van der Waals surface area contributed by atoms with Gasteiger partial charge in [0.1, 0.15) is 5.75 Å². The van der Waals surface area contributed by atoms with Gasteiger partial charge in [-0.3, -0.25) is 0 Å². The van der Waals surface area contributed by atoms with Gasteiger partial charge >= 0.3 is 0 Å². The molecular weight excluding hydrogens is 246 g/mol. The fourth-order valence-electron chi connectivity index (χ4n) is 2.11. The first-order valence-electron chi connectivity index (χ1n) is 7.04. The second-order valence-corrected chi connectivity index (χ2v) is 4.77. The highest BCUT2D eigenvalue weighted by Gasteiger charge is 2.05. The maximum atomic E-state index is 8.80. The van der Waals surface area contributed by atoms with Crippen molar-refractivity contribution in [1.82, 2.24) is 0 Å². The average molecular weight is 265 g/mol. The summed E-state index contributed by atoms with van der Waals surface area (Å²) in [7, 11) is 0. The Morgan fingerprint density at radius 2 is 1.40 bits per heavy atom. The summed E-state index contributed by atoms with van der Waals surface area (Å²) in [5, 5.41) is 8.80. The van der Waals surface area contributed by atoms with E-state index in [4.69, 9.17) is 10.00 Å². The Morgan fingerprint density at radius 1 is 0.900 bits per heavy atom. The number of nitriles is 1. The van der Waals surface area contributed by atoms with Crippen LogP contribution in [0.1, 0.15) is 32.3 Å². The predicted octanol–water partition coefficient (Wildman–Crippen LogP) is 4.79. The quantitative estimate of drug-likeness (QED) is 0.778. The Morgan fingerprint density at radius 3 is 1.85 bits per heavy atom. The van der Waals surface area contributed by atoms with E-state index in [2.05, 4.69) is 32.0 Å². The molecule has 0 saturated heterocycles. The highest BCUT2D eigenvalue weighted by Crippen LogP contribution is 2.23. The van der Waals surface area contributed by atoms with E-state index in [0.717, 1.165) is 29.7 Å². The van der Waals surface area contributed by atoms with Gasteiger partial charge in [0, 0.05) is 0 Å². The molecule has 0 heterocycles. The second-order valence-electron chi connectivity index (χ2n) is 4.77. The fourth-order valence-corrected chi connectivity index (χ4v) is 2.11. The van der Waals surface area contributed by atoms with Crippen molar-refractivity contribution in [3.05, 3.63) is 54.1 Å². The predicted molar refractivity (Wildman–Crippen MR) is 81.6 cm³/mol. The van der Waals surface area contributed by atoms with Crippen LogP contribution in [-0.4, -0.2) is 6.10 Å². The van der Waals surface area contributed by atoms with Crippen LogP contribution in [0.5, 0.6) is 5.75 Å². The molecule has 2 aromatic rings. The van der Waals surface area contributed by atoms with E-state index >= 15 is 0 Å². The number of rotatable bonds is 5. The Bertz CT molecular complexity index is 574. The zero-order valence-electron chi connectivity index (χ0n) is 12.0.